The number of hydrogen-bond acceptors (Lipinski definition) is 0. The van der Waals surface area contributed by atoms with Crippen LogP contribution < -0.4 is 0 Å². The summed E-state index contributed by atoms with van der Waals surface area (Å²) in [6, 6.07) is 0. The van der Waals surface area contributed by atoms with Gasteiger partial charge in [-0.2, -0.15) is 6.08 Å². The van der Waals surface area contributed by atoms with Crippen molar-refractivity contribution in [1.82, 2.24) is 0 Å². The van der Waals surface area contributed by atoms with Crippen LogP contribution in [0.5, 0.6) is 0 Å². The van der Waals surface area contributed by atoms with Crippen LogP contribution in [0.25, 0.3) is 0 Å². The van der Waals surface area contributed by atoms with Gasteiger partial charge in [0, 0.05) is 12.8 Å². The first-order valence-corrected chi connectivity index (χ1v) is 3.98. The van der Waals surface area contributed by atoms with Crippen LogP contribution in [0.4, 0.5) is 0 Å². The van der Waals surface area contributed by atoms with Crippen LogP contribution in [-0.2, 0) is 26.2 Å². The van der Waals surface area contributed by atoms with Gasteiger partial charge in [-0.1, -0.05) is 0 Å². The second-order valence-corrected chi connectivity index (χ2v) is 1.00. The van der Waals surface area contributed by atoms with Crippen LogP contribution in [0.2, 0.25) is 0 Å². The van der Waals surface area contributed by atoms with Gasteiger partial charge in [-0.3, -0.25) is 6.08 Å². The third-order valence-electron chi connectivity index (χ3n) is 0.586. The Morgan fingerprint density at radius 3 is 1.58 bits per heavy atom. The van der Waals surface area contributed by atoms with Crippen LogP contribution in [0.1, 0.15) is 6.42 Å². The zero-order chi connectivity index (χ0) is 7.54. The molecule has 12 heavy (non-hydrogen) atoms. The van der Waals surface area contributed by atoms with E-state index in [1.54, 1.807) is 0 Å². The van der Waals surface area contributed by atoms with E-state index in [1.807, 2.05) is 12.2 Å². The summed E-state index contributed by atoms with van der Waals surface area (Å²) in [5, 5.41) is 0. The Labute approximate surface area is 107 Å². The minimum Gasteiger partial charge on any atom is -0.358 e. The molecule has 1 aliphatic rings. The predicted molar refractivity (Wildman–Crippen MR) is 58.0 cm³/mol. The Morgan fingerprint density at radius 2 is 1.50 bits per heavy atom. The molecule has 1 radical (unpaired) electrons. The standard InChI is InChI=1S/C5H5.2CH3Cl.2CH3.Zr/c1-2-4-5-3-1;2*1-2;;;/h1-3H,4H2;2*1H3;2*1H3;/q-1;;;2*-1;+3. The Kier molecular flexibility index (Phi) is 98.7. The molecular weight excluding hydrogens is 270 g/mol. The summed E-state index contributed by atoms with van der Waals surface area (Å²) >= 11 is 9.28. The molecule has 0 N–H and O–H groups in total. The molecule has 0 aromatic carbocycles. The molecule has 1 rings (SSSR count). The third-order valence-corrected chi connectivity index (χ3v) is 0.586. The van der Waals surface area contributed by atoms with E-state index >= 15 is 0 Å². The van der Waals surface area contributed by atoms with Crippen LogP contribution in [0.15, 0.2) is 18.2 Å². The van der Waals surface area contributed by atoms with Gasteiger partial charge in [-0.15, -0.1) is 29.6 Å². The summed E-state index contributed by atoms with van der Waals surface area (Å²) in [5.74, 6) is 0. The number of alkyl halides is 2. The van der Waals surface area contributed by atoms with Crippen molar-refractivity contribution in [3.8, 4) is 0 Å². The fourth-order valence-corrected chi connectivity index (χ4v) is 0.340. The molecule has 3 heteroatoms. The molecular formula is C9H17Cl2Zr. The molecule has 0 nitrogen and oxygen atoms in total. The second kappa shape index (κ2) is 40.5. The van der Waals surface area contributed by atoms with E-state index in [4.69, 9.17) is 0 Å². The topological polar surface area (TPSA) is 0 Å². The SMILES string of the molecule is CCl.CCl.[C-]1=CC=CC1.[CH3-].[CH3-].[Zr+3]. The molecule has 1 aliphatic carbocycles. The van der Waals surface area contributed by atoms with Gasteiger partial charge in [-0.25, -0.2) is 12.2 Å². The molecule has 0 amide bonds. The Balaban J connectivity index is -0.0000000213. The number of rotatable bonds is 0. The molecule has 0 aliphatic heterocycles. The average molecular weight is 287 g/mol. The maximum absolute atomic E-state index is 4.64. The van der Waals surface area contributed by atoms with Crippen molar-refractivity contribution >= 4 is 23.2 Å². The molecule has 0 saturated heterocycles. The van der Waals surface area contributed by atoms with E-state index in [0.717, 1.165) is 6.42 Å². The van der Waals surface area contributed by atoms with Crippen molar-refractivity contribution in [3.63, 3.8) is 0 Å². The van der Waals surface area contributed by atoms with E-state index in [9.17, 15) is 0 Å². The van der Waals surface area contributed by atoms with Crippen molar-refractivity contribution in [1.29, 1.82) is 0 Å². The predicted octanol–water partition coefficient (Wildman–Crippen LogP) is 3.91. The molecule has 0 aromatic heterocycles. The summed E-state index contributed by atoms with van der Waals surface area (Å²) in [5.41, 5.74) is 0. The molecule has 0 fully saturated rings. The van der Waals surface area contributed by atoms with E-state index in [-0.39, 0.29) is 41.1 Å². The summed E-state index contributed by atoms with van der Waals surface area (Å²) < 4.78 is 0. The quantitative estimate of drug-likeness (QED) is 0.468. The van der Waals surface area contributed by atoms with Gasteiger partial charge in [0.1, 0.15) is 0 Å². The first-order chi connectivity index (χ1) is 4.50. The molecule has 0 atom stereocenters. The average Bonchev–Trinajstić information content (AvgIpc) is 2.51. The zero-order valence-electron chi connectivity index (χ0n) is 8.20. The zero-order valence-corrected chi connectivity index (χ0v) is 12.2. The van der Waals surface area contributed by atoms with Gasteiger partial charge in [0.25, 0.3) is 0 Å². The Morgan fingerprint density at radius 1 is 1.08 bits per heavy atom. The Bertz CT molecular complexity index is 70.6. The smallest absolute Gasteiger partial charge is 0.358 e. The van der Waals surface area contributed by atoms with Crippen molar-refractivity contribution in [2.24, 2.45) is 0 Å². The number of halogens is 2. The minimum atomic E-state index is 0. The maximum Gasteiger partial charge on any atom is 3.00 e. The molecule has 0 unspecified atom stereocenters. The van der Waals surface area contributed by atoms with Crippen LogP contribution >= 0.6 is 23.2 Å². The molecule has 0 heterocycles. The number of hydrogen-bond donors (Lipinski definition) is 0. The van der Waals surface area contributed by atoms with Gasteiger partial charge in [0.05, 0.1) is 0 Å². The van der Waals surface area contributed by atoms with Gasteiger partial charge in [0.2, 0.25) is 0 Å². The van der Waals surface area contributed by atoms with Gasteiger partial charge >= 0.3 is 26.2 Å². The van der Waals surface area contributed by atoms with E-state index in [1.165, 1.54) is 12.8 Å². The normalized spacial score (nSPS) is 8.33. The van der Waals surface area contributed by atoms with Crippen LogP contribution in [0.3, 0.4) is 0 Å². The summed E-state index contributed by atoms with van der Waals surface area (Å²) in [6.07, 6.45) is 12.9. The third kappa shape index (κ3) is 30.6. The van der Waals surface area contributed by atoms with E-state index < -0.39 is 0 Å². The van der Waals surface area contributed by atoms with E-state index in [2.05, 4.69) is 35.4 Å². The maximum atomic E-state index is 4.64. The second-order valence-electron chi connectivity index (χ2n) is 1.00. The first kappa shape index (κ1) is 29.3. The fraction of sp³-hybridized carbons (Fsp3) is 0.333. The van der Waals surface area contributed by atoms with Gasteiger partial charge in [0.15, 0.2) is 0 Å². The van der Waals surface area contributed by atoms with E-state index in [0.29, 0.717) is 0 Å². The molecule has 71 valence electrons. The van der Waals surface area contributed by atoms with Crippen molar-refractivity contribution in [2.45, 2.75) is 6.42 Å². The van der Waals surface area contributed by atoms with Gasteiger partial charge in [-0.05, 0) is 0 Å². The largest absolute Gasteiger partial charge is 3.00 e. The van der Waals surface area contributed by atoms with Crippen LogP contribution in [-0.4, -0.2) is 12.8 Å². The molecule has 0 saturated carbocycles. The number of allylic oxidation sites excluding steroid dienone is 4. The van der Waals surface area contributed by atoms with Crippen molar-refractivity contribution in [3.05, 3.63) is 39.2 Å². The molecule has 0 aromatic rings. The minimum absolute atomic E-state index is 0. The molecule has 0 spiro atoms. The Hall–Kier alpha value is 0.943. The summed E-state index contributed by atoms with van der Waals surface area (Å²) in [4.78, 5) is 0. The first-order valence-electron chi connectivity index (χ1n) is 2.47. The molecule has 0 bridgehead atoms. The summed E-state index contributed by atoms with van der Waals surface area (Å²) in [7, 11) is 0. The summed E-state index contributed by atoms with van der Waals surface area (Å²) in [6.45, 7) is 0. The van der Waals surface area contributed by atoms with Crippen molar-refractivity contribution < 1.29 is 26.2 Å². The van der Waals surface area contributed by atoms with Crippen molar-refractivity contribution in [2.75, 3.05) is 12.8 Å². The fourth-order valence-electron chi connectivity index (χ4n) is 0.340. The van der Waals surface area contributed by atoms with Gasteiger partial charge < -0.3 is 14.9 Å². The van der Waals surface area contributed by atoms with Crippen LogP contribution in [0, 0.1) is 20.9 Å². The monoisotopic (exact) mass is 285 g/mol.